The van der Waals surface area contributed by atoms with Crippen molar-refractivity contribution in [3.63, 3.8) is 0 Å². The number of benzene rings is 3. The summed E-state index contributed by atoms with van der Waals surface area (Å²) in [4.78, 5) is 57.2. The molecule has 0 aliphatic carbocycles. The first kappa shape index (κ1) is 45.9. The minimum Gasteiger partial charge on any atom is -0.447 e. The molecule has 6 N–H and O–H groups in total. The molecule has 0 unspecified atom stereocenters. The summed E-state index contributed by atoms with van der Waals surface area (Å²) in [5.74, 6) is -0.246. The summed E-state index contributed by atoms with van der Waals surface area (Å²) in [6.07, 6.45) is -1.60. The minimum atomic E-state index is -0.706. The number of hydrogen-bond acceptors (Lipinski definition) is 10. The van der Waals surface area contributed by atoms with E-state index in [-0.39, 0.29) is 62.5 Å². The number of nitrogens with two attached hydrogens (primary N) is 2. The first-order chi connectivity index (χ1) is 27.2. The van der Waals surface area contributed by atoms with E-state index in [0.29, 0.717) is 83.9 Å². The van der Waals surface area contributed by atoms with Gasteiger partial charge in [-0.2, -0.15) is 0 Å². The summed E-state index contributed by atoms with van der Waals surface area (Å²) in [6, 6.07) is 24.6. The Labute approximate surface area is 351 Å². The largest absolute Gasteiger partial charge is 0.447 e. The smallest absolute Gasteiger partial charge is 0.410 e. The van der Waals surface area contributed by atoms with Gasteiger partial charge >= 0.3 is 18.2 Å². The number of anilines is 1. The summed E-state index contributed by atoms with van der Waals surface area (Å²) in [7, 11) is 0. The molecule has 0 bridgehead atoms. The highest BCUT2D eigenvalue weighted by Crippen LogP contribution is 2.25. The number of halogens is 2. The molecule has 3 aliphatic rings. The van der Waals surface area contributed by atoms with E-state index in [9.17, 15) is 19.2 Å². The second kappa shape index (κ2) is 23.0. The van der Waals surface area contributed by atoms with Crippen molar-refractivity contribution < 1.29 is 38.1 Å². The van der Waals surface area contributed by atoms with Gasteiger partial charge in [0.15, 0.2) is 0 Å². The second-order valence-corrected chi connectivity index (χ2v) is 14.3. The van der Waals surface area contributed by atoms with Crippen LogP contribution in [0.1, 0.15) is 41.5 Å². The van der Waals surface area contributed by atoms with Gasteiger partial charge in [-0.1, -0.05) is 66.7 Å². The van der Waals surface area contributed by atoms with Gasteiger partial charge in [-0.15, -0.1) is 24.8 Å². The molecule has 316 valence electrons. The van der Waals surface area contributed by atoms with Crippen molar-refractivity contribution in [1.82, 2.24) is 25.3 Å². The fourth-order valence-corrected chi connectivity index (χ4v) is 7.00. The molecule has 3 heterocycles. The third-order valence-electron chi connectivity index (χ3n) is 10.5. The van der Waals surface area contributed by atoms with E-state index >= 15 is 0 Å². The molecule has 6 rings (SSSR count). The van der Waals surface area contributed by atoms with Crippen LogP contribution in [0.4, 0.5) is 20.1 Å². The Balaban J connectivity index is 0.00000372. The SMILES string of the molecule is Cl.Cl.NCc1ccc(CNC(=O)N2CCN(C(=O)O[C@@H]3CCO[C@H](COC(=O)N4CCC(C(=O)NCc5ccc(N)cc5)CC4)[C@H]3OCc3ccccc3)CC2)cc1. The Kier molecular flexibility index (Phi) is 18.2. The fourth-order valence-electron chi connectivity index (χ4n) is 7.00. The Morgan fingerprint density at radius 2 is 1.28 bits per heavy atom. The van der Waals surface area contributed by atoms with Gasteiger partial charge in [0.25, 0.3) is 0 Å². The zero-order chi connectivity index (χ0) is 39.3. The molecule has 0 radical (unpaired) electrons. The predicted octanol–water partition coefficient (Wildman–Crippen LogP) is 4.44. The van der Waals surface area contributed by atoms with E-state index in [1.54, 1.807) is 26.8 Å². The van der Waals surface area contributed by atoms with Gasteiger partial charge in [0.2, 0.25) is 5.91 Å². The zero-order valence-electron chi connectivity index (χ0n) is 32.5. The van der Waals surface area contributed by atoms with Crippen LogP contribution >= 0.6 is 24.8 Å². The van der Waals surface area contributed by atoms with Crippen LogP contribution in [-0.4, -0.2) is 110 Å². The van der Waals surface area contributed by atoms with Gasteiger partial charge in [0.05, 0.1) is 13.2 Å². The van der Waals surface area contributed by atoms with Crippen LogP contribution in [-0.2, 0) is 50.0 Å². The lowest BCUT2D eigenvalue weighted by atomic mass is 9.96. The molecule has 0 spiro atoms. The van der Waals surface area contributed by atoms with E-state index in [0.717, 1.165) is 22.3 Å². The van der Waals surface area contributed by atoms with E-state index < -0.39 is 30.5 Å². The number of urea groups is 1. The lowest BCUT2D eigenvalue weighted by Gasteiger charge is -2.39. The van der Waals surface area contributed by atoms with Crippen LogP contribution in [0.3, 0.4) is 0 Å². The van der Waals surface area contributed by atoms with E-state index in [1.165, 1.54) is 0 Å². The number of hydrogen-bond donors (Lipinski definition) is 4. The van der Waals surface area contributed by atoms with Crippen molar-refractivity contribution in [2.75, 3.05) is 58.2 Å². The van der Waals surface area contributed by atoms with Gasteiger partial charge in [0.1, 0.15) is 24.9 Å². The molecule has 5 amide bonds. The number of rotatable bonds is 12. The Morgan fingerprint density at radius 1 is 0.690 bits per heavy atom. The standard InChI is InChI=1S/C41H53N7O8.2ClH/c42-24-29-6-8-30(9-7-29)26-45-39(50)46-19-21-48(22-20-46)41(52)56-35-16-23-53-36(37(35)54-27-32-4-2-1-3-5-32)28-55-40(51)47-17-14-33(15-18-47)38(49)44-25-31-10-12-34(43)13-11-31;;/h1-13,33,35-37H,14-28,42-43H2,(H,44,49)(H,45,50);2*1H/t35-,36-,37+;;/m1../s1. The van der Waals surface area contributed by atoms with Crippen molar-refractivity contribution >= 4 is 54.6 Å². The average Bonchev–Trinajstić information content (AvgIpc) is 3.24. The number of amides is 5. The number of piperidine rings is 1. The second-order valence-electron chi connectivity index (χ2n) is 14.3. The number of nitrogens with zero attached hydrogens (tertiary/aromatic N) is 3. The first-order valence-corrected chi connectivity index (χ1v) is 19.3. The van der Waals surface area contributed by atoms with Gasteiger partial charge in [0, 0.05) is 76.9 Å². The highest BCUT2D eigenvalue weighted by molar-refractivity contribution is 5.85. The predicted molar refractivity (Wildman–Crippen MR) is 222 cm³/mol. The van der Waals surface area contributed by atoms with Crippen molar-refractivity contribution in [2.24, 2.45) is 11.7 Å². The summed E-state index contributed by atoms with van der Waals surface area (Å²) in [5.41, 5.74) is 16.0. The van der Waals surface area contributed by atoms with E-state index in [1.807, 2.05) is 66.7 Å². The van der Waals surface area contributed by atoms with Crippen LogP contribution in [0.25, 0.3) is 0 Å². The molecule has 3 atom stereocenters. The summed E-state index contributed by atoms with van der Waals surface area (Å²) >= 11 is 0. The number of carbonyl (C=O) groups excluding carboxylic acids is 4. The molecular formula is C41H55Cl2N7O8. The molecule has 3 aromatic rings. The first-order valence-electron chi connectivity index (χ1n) is 19.3. The molecule has 3 saturated heterocycles. The molecule has 17 heteroatoms. The minimum absolute atomic E-state index is 0. The normalized spacial score (nSPS) is 19.5. The van der Waals surface area contributed by atoms with Crippen molar-refractivity contribution in [3.05, 3.63) is 101 Å². The molecule has 3 aliphatic heterocycles. The third kappa shape index (κ3) is 13.1. The molecule has 0 saturated carbocycles. The van der Waals surface area contributed by atoms with E-state index in [2.05, 4.69) is 10.6 Å². The molecule has 58 heavy (non-hydrogen) atoms. The Bertz CT molecular complexity index is 1740. The van der Waals surface area contributed by atoms with Crippen LogP contribution in [0.2, 0.25) is 0 Å². The zero-order valence-corrected chi connectivity index (χ0v) is 34.1. The monoisotopic (exact) mass is 843 g/mol. The van der Waals surface area contributed by atoms with E-state index in [4.69, 9.17) is 30.4 Å². The number of ether oxygens (including phenoxy) is 4. The maximum Gasteiger partial charge on any atom is 0.410 e. The topological polar surface area (TPSA) is 191 Å². The quantitative estimate of drug-likeness (QED) is 0.190. The summed E-state index contributed by atoms with van der Waals surface area (Å²) < 4.78 is 24.2. The maximum absolute atomic E-state index is 13.5. The fraction of sp³-hybridized carbons (Fsp3) is 0.463. The highest BCUT2D eigenvalue weighted by Gasteiger charge is 2.40. The summed E-state index contributed by atoms with van der Waals surface area (Å²) in [5, 5.41) is 5.93. The van der Waals surface area contributed by atoms with Gasteiger partial charge in [-0.25, -0.2) is 14.4 Å². The lowest BCUT2D eigenvalue weighted by Crippen LogP contribution is -2.55. The van der Waals surface area contributed by atoms with Gasteiger partial charge in [-0.3, -0.25) is 4.79 Å². The van der Waals surface area contributed by atoms with Crippen molar-refractivity contribution in [2.45, 2.75) is 63.8 Å². The molecule has 0 aromatic heterocycles. The Morgan fingerprint density at radius 3 is 1.93 bits per heavy atom. The molecule has 3 fully saturated rings. The van der Waals surface area contributed by atoms with Crippen LogP contribution in [0, 0.1) is 5.92 Å². The summed E-state index contributed by atoms with van der Waals surface area (Å²) in [6.45, 7) is 3.82. The average molecular weight is 845 g/mol. The van der Waals surface area contributed by atoms with Crippen LogP contribution < -0.4 is 22.1 Å². The van der Waals surface area contributed by atoms with Crippen molar-refractivity contribution in [3.8, 4) is 0 Å². The van der Waals surface area contributed by atoms with Gasteiger partial charge in [-0.05, 0) is 47.2 Å². The lowest BCUT2D eigenvalue weighted by molar-refractivity contribution is -0.178. The van der Waals surface area contributed by atoms with Gasteiger partial charge < -0.3 is 55.7 Å². The number of carbonyl (C=O) groups is 4. The highest BCUT2D eigenvalue weighted by atomic mass is 35.5. The van der Waals surface area contributed by atoms with Crippen molar-refractivity contribution in [1.29, 1.82) is 0 Å². The maximum atomic E-state index is 13.5. The molecule has 15 nitrogen and oxygen atoms in total. The Hall–Kier alpha value is -4.80. The molecule has 3 aromatic carbocycles. The molecular weight excluding hydrogens is 789 g/mol. The van der Waals surface area contributed by atoms with Crippen LogP contribution in [0.15, 0.2) is 78.9 Å². The number of nitrogen functional groups attached to an aromatic ring is 1. The number of piperazine rings is 1. The third-order valence-corrected chi connectivity index (χ3v) is 10.5. The number of nitrogens with one attached hydrogen (secondary N) is 2. The number of likely N-dealkylation sites (tertiary alicyclic amines) is 1. The van der Waals surface area contributed by atoms with Crippen LogP contribution in [0.5, 0.6) is 0 Å².